The molecule has 7 heteroatoms. The number of rotatable bonds is 7. The summed E-state index contributed by atoms with van der Waals surface area (Å²) in [5.74, 6) is 1.62. The van der Waals surface area contributed by atoms with E-state index in [1.807, 2.05) is 26.0 Å². The van der Waals surface area contributed by atoms with Crippen LogP contribution in [-0.2, 0) is 6.54 Å². The average molecular weight is 330 g/mol. The molecular weight excluding hydrogens is 308 g/mol. The number of nitrogens with zero attached hydrogens (tertiary/aromatic N) is 2. The molecule has 0 radical (unpaired) electrons. The number of hydrogen-bond donors (Lipinski definition) is 2. The first-order valence-corrected chi connectivity index (χ1v) is 7.61. The van der Waals surface area contributed by atoms with Gasteiger partial charge in [-0.25, -0.2) is 9.97 Å². The number of amides is 1. The molecule has 0 fully saturated rings. The van der Waals surface area contributed by atoms with Crippen molar-refractivity contribution in [1.82, 2.24) is 15.3 Å². The highest BCUT2D eigenvalue weighted by atomic mass is 16.5. The van der Waals surface area contributed by atoms with Crippen LogP contribution in [0.5, 0.6) is 11.5 Å². The van der Waals surface area contributed by atoms with Crippen molar-refractivity contribution in [3.63, 3.8) is 0 Å². The largest absolute Gasteiger partial charge is 0.493 e. The van der Waals surface area contributed by atoms with Crippen LogP contribution in [0.3, 0.4) is 0 Å². The number of carbonyl (C=O) groups excluding carboxylic acids is 1. The molecule has 0 saturated carbocycles. The van der Waals surface area contributed by atoms with E-state index < -0.39 is 0 Å². The first kappa shape index (κ1) is 17.5. The minimum Gasteiger partial charge on any atom is -0.493 e. The Morgan fingerprint density at radius 3 is 2.46 bits per heavy atom. The molecule has 2 rings (SSSR count). The van der Waals surface area contributed by atoms with Crippen molar-refractivity contribution < 1.29 is 14.3 Å². The number of methoxy groups -OCH3 is 2. The van der Waals surface area contributed by atoms with Crippen LogP contribution >= 0.6 is 0 Å². The average Bonchev–Trinajstić information content (AvgIpc) is 2.59. The van der Waals surface area contributed by atoms with Crippen LogP contribution in [-0.4, -0.2) is 36.1 Å². The Kier molecular flexibility index (Phi) is 5.95. The zero-order chi connectivity index (χ0) is 17.5. The number of nitrogens with one attached hydrogen (secondary N) is 2. The van der Waals surface area contributed by atoms with Gasteiger partial charge in [-0.15, -0.1) is 0 Å². The van der Waals surface area contributed by atoms with E-state index in [-0.39, 0.29) is 17.6 Å². The Morgan fingerprint density at radius 2 is 1.88 bits per heavy atom. The zero-order valence-electron chi connectivity index (χ0n) is 14.3. The molecule has 7 nitrogen and oxygen atoms in total. The van der Waals surface area contributed by atoms with Gasteiger partial charge in [0.15, 0.2) is 11.5 Å². The highest BCUT2D eigenvalue weighted by Crippen LogP contribution is 2.27. The molecule has 2 N–H and O–H groups in total. The molecule has 128 valence electrons. The molecule has 0 aliphatic heterocycles. The number of hydrogen-bond acceptors (Lipinski definition) is 6. The second-order valence-electron chi connectivity index (χ2n) is 5.46. The van der Waals surface area contributed by atoms with Crippen molar-refractivity contribution in [1.29, 1.82) is 0 Å². The van der Waals surface area contributed by atoms with Crippen LogP contribution in [0.2, 0.25) is 0 Å². The van der Waals surface area contributed by atoms with E-state index in [1.165, 1.54) is 6.20 Å². The highest BCUT2D eigenvalue weighted by molar-refractivity contribution is 5.91. The van der Waals surface area contributed by atoms with Crippen LogP contribution in [0.25, 0.3) is 0 Å². The number of anilines is 1. The van der Waals surface area contributed by atoms with Crippen molar-refractivity contribution in [2.24, 2.45) is 0 Å². The molecule has 0 aliphatic rings. The number of carbonyl (C=O) groups is 1. The van der Waals surface area contributed by atoms with Crippen molar-refractivity contribution >= 4 is 11.7 Å². The van der Waals surface area contributed by atoms with Crippen LogP contribution in [0.15, 0.2) is 30.6 Å². The lowest BCUT2D eigenvalue weighted by Crippen LogP contribution is -2.24. The van der Waals surface area contributed by atoms with Gasteiger partial charge in [0, 0.05) is 12.6 Å². The van der Waals surface area contributed by atoms with E-state index in [9.17, 15) is 4.79 Å². The SMILES string of the molecule is COc1ccc(CNC(=O)c2cnc(NC(C)C)cn2)cc1OC. The fourth-order valence-corrected chi connectivity index (χ4v) is 2.08. The minimum atomic E-state index is -0.284. The normalized spacial score (nSPS) is 10.4. The lowest BCUT2D eigenvalue weighted by molar-refractivity contribution is 0.0945. The summed E-state index contributed by atoms with van der Waals surface area (Å²) in [6.07, 6.45) is 3.00. The molecule has 0 unspecified atom stereocenters. The molecule has 0 bridgehead atoms. The smallest absolute Gasteiger partial charge is 0.271 e. The number of benzene rings is 1. The molecule has 0 aliphatic carbocycles. The highest BCUT2D eigenvalue weighted by Gasteiger charge is 2.10. The summed E-state index contributed by atoms with van der Waals surface area (Å²) in [4.78, 5) is 20.4. The van der Waals surface area contributed by atoms with E-state index >= 15 is 0 Å². The van der Waals surface area contributed by atoms with Gasteiger partial charge in [-0.05, 0) is 31.5 Å². The Labute approximate surface area is 141 Å². The summed E-state index contributed by atoms with van der Waals surface area (Å²) in [5, 5.41) is 5.93. The van der Waals surface area contributed by atoms with Gasteiger partial charge in [0.25, 0.3) is 5.91 Å². The molecule has 0 spiro atoms. The minimum absolute atomic E-state index is 0.254. The molecule has 1 aromatic carbocycles. The third kappa shape index (κ3) is 4.58. The Hall–Kier alpha value is -2.83. The summed E-state index contributed by atoms with van der Waals surface area (Å²) in [6.45, 7) is 4.36. The summed E-state index contributed by atoms with van der Waals surface area (Å²) < 4.78 is 10.4. The van der Waals surface area contributed by atoms with Crippen LogP contribution in [0, 0.1) is 0 Å². The molecule has 1 aromatic heterocycles. The number of aromatic nitrogens is 2. The van der Waals surface area contributed by atoms with Gasteiger partial charge in [-0.2, -0.15) is 0 Å². The van der Waals surface area contributed by atoms with Gasteiger partial charge in [0.05, 0.1) is 26.6 Å². The summed E-state index contributed by atoms with van der Waals surface area (Å²) >= 11 is 0. The molecule has 1 heterocycles. The maximum atomic E-state index is 12.1. The van der Waals surface area contributed by atoms with Crippen molar-refractivity contribution in [2.45, 2.75) is 26.4 Å². The van der Waals surface area contributed by atoms with Gasteiger partial charge < -0.3 is 20.1 Å². The van der Waals surface area contributed by atoms with Crippen LogP contribution < -0.4 is 20.1 Å². The van der Waals surface area contributed by atoms with Crippen molar-refractivity contribution in [3.8, 4) is 11.5 Å². The van der Waals surface area contributed by atoms with Crippen molar-refractivity contribution in [2.75, 3.05) is 19.5 Å². The Bertz CT molecular complexity index is 687. The molecular formula is C17H22N4O3. The van der Waals surface area contributed by atoms with E-state index in [1.54, 1.807) is 26.5 Å². The molecule has 0 saturated heterocycles. The maximum absolute atomic E-state index is 12.1. The third-order valence-electron chi connectivity index (χ3n) is 3.22. The van der Waals surface area contributed by atoms with Gasteiger partial charge >= 0.3 is 0 Å². The lowest BCUT2D eigenvalue weighted by atomic mass is 10.2. The number of ether oxygens (including phenoxy) is 2. The lowest BCUT2D eigenvalue weighted by Gasteiger charge is -2.11. The fourth-order valence-electron chi connectivity index (χ4n) is 2.08. The maximum Gasteiger partial charge on any atom is 0.271 e. The first-order valence-electron chi connectivity index (χ1n) is 7.61. The predicted molar refractivity (Wildman–Crippen MR) is 91.5 cm³/mol. The van der Waals surface area contributed by atoms with E-state index in [0.717, 1.165) is 5.56 Å². The Balaban J connectivity index is 1.97. The van der Waals surface area contributed by atoms with Gasteiger partial charge in [-0.3, -0.25) is 4.79 Å². The van der Waals surface area contributed by atoms with E-state index in [2.05, 4.69) is 20.6 Å². The molecule has 2 aromatic rings. The molecule has 0 atom stereocenters. The van der Waals surface area contributed by atoms with Crippen molar-refractivity contribution in [3.05, 3.63) is 41.9 Å². The first-order chi connectivity index (χ1) is 11.5. The van der Waals surface area contributed by atoms with E-state index in [0.29, 0.717) is 23.9 Å². The van der Waals surface area contributed by atoms with Crippen LogP contribution in [0.4, 0.5) is 5.82 Å². The standard InChI is InChI=1S/C17H22N4O3/c1-11(2)21-16-10-18-13(9-19-16)17(22)20-8-12-5-6-14(23-3)15(7-12)24-4/h5-7,9-11H,8H2,1-4H3,(H,19,21)(H,20,22). The second-order valence-corrected chi connectivity index (χ2v) is 5.46. The zero-order valence-corrected chi connectivity index (χ0v) is 14.3. The fraction of sp³-hybridized carbons (Fsp3) is 0.353. The van der Waals surface area contributed by atoms with Gasteiger partial charge in [0.2, 0.25) is 0 Å². The second kappa shape index (κ2) is 8.14. The van der Waals surface area contributed by atoms with E-state index in [4.69, 9.17) is 9.47 Å². The predicted octanol–water partition coefficient (Wildman–Crippen LogP) is 2.24. The topological polar surface area (TPSA) is 85.4 Å². The monoisotopic (exact) mass is 330 g/mol. The van der Waals surface area contributed by atoms with Crippen LogP contribution in [0.1, 0.15) is 29.9 Å². The molecule has 24 heavy (non-hydrogen) atoms. The van der Waals surface area contributed by atoms with Gasteiger partial charge in [-0.1, -0.05) is 6.07 Å². The van der Waals surface area contributed by atoms with Gasteiger partial charge in [0.1, 0.15) is 11.5 Å². The Morgan fingerprint density at radius 1 is 1.12 bits per heavy atom. The summed E-state index contributed by atoms with van der Waals surface area (Å²) in [6, 6.07) is 5.74. The summed E-state index contributed by atoms with van der Waals surface area (Å²) in [7, 11) is 3.15. The third-order valence-corrected chi connectivity index (χ3v) is 3.22. The summed E-state index contributed by atoms with van der Waals surface area (Å²) in [5.41, 5.74) is 1.16. The molecule has 1 amide bonds. The quantitative estimate of drug-likeness (QED) is 0.810.